The SMILES string of the molecule is CCOc1ccccc1[C@@H]1[C@@H]2CCCC=C2[C@H](C#N)C(=N)C1(C#N)C#N. The molecular weight excluding hydrogens is 324 g/mol. The van der Waals surface area contributed by atoms with E-state index < -0.39 is 17.3 Å². The molecule has 1 N–H and O–H groups in total. The first-order chi connectivity index (χ1) is 12.6. The van der Waals surface area contributed by atoms with Crippen molar-refractivity contribution in [2.24, 2.45) is 17.3 Å². The van der Waals surface area contributed by atoms with Gasteiger partial charge in [-0.3, -0.25) is 0 Å². The van der Waals surface area contributed by atoms with E-state index in [9.17, 15) is 15.8 Å². The van der Waals surface area contributed by atoms with Gasteiger partial charge in [0.15, 0.2) is 5.41 Å². The number of nitrogens with zero attached hydrogens (tertiary/aromatic N) is 3. The summed E-state index contributed by atoms with van der Waals surface area (Å²) in [6.07, 6.45) is 4.64. The van der Waals surface area contributed by atoms with Crippen LogP contribution in [0.1, 0.15) is 37.7 Å². The topological polar surface area (TPSA) is 104 Å². The number of allylic oxidation sites excluding steroid dienone is 2. The van der Waals surface area contributed by atoms with Gasteiger partial charge in [0.2, 0.25) is 0 Å². The van der Waals surface area contributed by atoms with E-state index in [1.807, 2.05) is 37.3 Å². The number of hydrogen-bond donors (Lipinski definition) is 1. The van der Waals surface area contributed by atoms with Crippen LogP contribution in [0.4, 0.5) is 0 Å². The lowest BCUT2D eigenvalue weighted by molar-refractivity contribution is 0.294. The monoisotopic (exact) mass is 344 g/mol. The van der Waals surface area contributed by atoms with E-state index >= 15 is 0 Å². The van der Waals surface area contributed by atoms with Gasteiger partial charge in [0, 0.05) is 11.5 Å². The van der Waals surface area contributed by atoms with Crippen LogP contribution < -0.4 is 4.74 Å². The summed E-state index contributed by atoms with van der Waals surface area (Å²) < 4.78 is 5.77. The van der Waals surface area contributed by atoms with Gasteiger partial charge in [0.1, 0.15) is 11.7 Å². The molecule has 2 aliphatic rings. The Labute approximate surface area is 153 Å². The van der Waals surface area contributed by atoms with Crippen LogP contribution in [-0.4, -0.2) is 12.3 Å². The van der Waals surface area contributed by atoms with Crippen molar-refractivity contribution in [1.29, 1.82) is 21.2 Å². The molecule has 1 aromatic rings. The predicted octanol–water partition coefficient (Wildman–Crippen LogP) is 4.10. The highest BCUT2D eigenvalue weighted by atomic mass is 16.5. The van der Waals surface area contributed by atoms with E-state index in [4.69, 9.17) is 10.1 Å². The maximum atomic E-state index is 9.99. The number of fused-ring (bicyclic) bond motifs is 1. The van der Waals surface area contributed by atoms with E-state index in [2.05, 4.69) is 18.2 Å². The Hall–Kier alpha value is -3.10. The Morgan fingerprint density at radius 1 is 1.23 bits per heavy atom. The Morgan fingerprint density at radius 2 is 1.96 bits per heavy atom. The van der Waals surface area contributed by atoms with E-state index in [1.165, 1.54) is 0 Å². The van der Waals surface area contributed by atoms with Crippen molar-refractivity contribution in [2.75, 3.05) is 6.61 Å². The van der Waals surface area contributed by atoms with Crippen LogP contribution >= 0.6 is 0 Å². The molecule has 0 saturated heterocycles. The van der Waals surface area contributed by atoms with Gasteiger partial charge in [-0.25, -0.2) is 0 Å². The van der Waals surface area contributed by atoms with Gasteiger partial charge in [-0.05, 0) is 43.7 Å². The number of hydrogen-bond acceptors (Lipinski definition) is 5. The van der Waals surface area contributed by atoms with Crippen molar-refractivity contribution in [3.05, 3.63) is 41.5 Å². The van der Waals surface area contributed by atoms with Crippen LogP contribution in [-0.2, 0) is 0 Å². The lowest BCUT2D eigenvalue weighted by Gasteiger charge is -2.46. The third kappa shape index (κ3) is 2.47. The summed E-state index contributed by atoms with van der Waals surface area (Å²) in [6.45, 7) is 2.36. The molecule has 3 rings (SSSR count). The second-order valence-corrected chi connectivity index (χ2v) is 6.70. The van der Waals surface area contributed by atoms with E-state index in [0.29, 0.717) is 12.4 Å². The zero-order valence-electron chi connectivity index (χ0n) is 14.7. The molecule has 0 bridgehead atoms. The summed E-state index contributed by atoms with van der Waals surface area (Å²) in [5, 5.41) is 38.2. The van der Waals surface area contributed by atoms with Gasteiger partial charge >= 0.3 is 0 Å². The van der Waals surface area contributed by atoms with Crippen LogP contribution in [0.15, 0.2) is 35.9 Å². The fraction of sp³-hybridized carbons (Fsp3) is 0.429. The Kier molecular flexibility index (Phi) is 4.79. The molecule has 0 spiro atoms. The highest BCUT2D eigenvalue weighted by Crippen LogP contribution is 2.56. The van der Waals surface area contributed by atoms with Crippen LogP contribution in [0.25, 0.3) is 0 Å². The highest BCUT2D eigenvalue weighted by Gasteiger charge is 2.57. The molecule has 5 heteroatoms. The smallest absolute Gasteiger partial charge is 0.189 e. The molecule has 1 saturated carbocycles. The molecule has 0 heterocycles. The van der Waals surface area contributed by atoms with Crippen molar-refractivity contribution in [3.8, 4) is 24.0 Å². The first kappa shape index (κ1) is 17.7. The number of rotatable bonds is 3. The fourth-order valence-corrected chi connectivity index (χ4v) is 4.38. The van der Waals surface area contributed by atoms with Crippen LogP contribution in [0.2, 0.25) is 0 Å². The van der Waals surface area contributed by atoms with E-state index in [-0.39, 0.29) is 11.6 Å². The number of para-hydroxylation sites is 1. The minimum Gasteiger partial charge on any atom is -0.494 e. The Balaban J connectivity index is 2.27. The van der Waals surface area contributed by atoms with Crippen molar-refractivity contribution in [3.63, 3.8) is 0 Å². The van der Waals surface area contributed by atoms with E-state index in [0.717, 1.165) is 30.4 Å². The van der Waals surface area contributed by atoms with Crippen LogP contribution in [0, 0.1) is 56.7 Å². The summed E-state index contributed by atoms with van der Waals surface area (Å²) in [6, 6.07) is 13.8. The number of nitrogens with one attached hydrogen (secondary N) is 1. The zero-order chi connectivity index (χ0) is 18.7. The maximum absolute atomic E-state index is 9.99. The fourth-order valence-electron chi connectivity index (χ4n) is 4.38. The highest BCUT2D eigenvalue weighted by molar-refractivity contribution is 6.00. The summed E-state index contributed by atoms with van der Waals surface area (Å²) in [4.78, 5) is 0. The molecule has 130 valence electrons. The van der Waals surface area contributed by atoms with Crippen LogP contribution in [0.5, 0.6) is 5.75 Å². The number of benzene rings is 1. The minimum atomic E-state index is -1.66. The van der Waals surface area contributed by atoms with Crippen molar-refractivity contribution >= 4 is 5.71 Å². The number of ether oxygens (including phenoxy) is 1. The summed E-state index contributed by atoms with van der Waals surface area (Å²) in [5.74, 6) is -0.773. The minimum absolute atomic E-state index is 0.106. The number of nitriles is 3. The third-order valence-electron chi connectivity index (χ3n) is 5.48. The van der Waals surface area contributed by atoms with Crippen molar-refractivity contribution < 1.29 is 4.74 Å². The maximum Gasteiger partial charge on any atom is 0.189 e. The average Bonchev–Trinajstić information content (AvgIpc) is 2.68. The van der Waals surface area contributed by atoms with Gasteiger partial charge in [-0.15, -0.1) is 0 Å². The summed E-state index contributed by atoms with van der Waals surface area (Å²) in [5.41, 5.74) is -0.101. The molecule has 1 fully saturated rings. The lowest BCUT2D eigenvalue weighted by atomic mass is 9.53. The van der Waals surface area contributed by atoms with Gasteiger partial charge in [-0.1, -0.05) is 24.3 Å². The largest absolute Gasteiger partial charge is 0.494 e. The second kappa shape index (κ2) is 7.03. The van der Waals surface area contributed by atoms with Gasteiger partial charge in [0.25, 0.3) is 0 Å². The standard InChI is InChI=1S/C21H20N4O/c1-2-26-18-10-6-5-9-16(18)19-15-8-4-3-7-14(15)17(11-22)20(25)21(19,12-23)13-24/h5-7,9-10,15,17,19,25H,2-4,8H2,1H3/t15-,17+,19+/m1/s1. The van der Waals surface area contributed by atoms with Crippen LogP contribution in [0.3, 0.4) is 0 Å². The molecule has 0 amide bonds. The molecular formula is C21H20N4O. The van der Waals surface area contributed by atoms with Crippen molar-refractivity contribution in [1.82, 2.24) is 0 Å². The first-order valence-corrected chi connectivity index (χ1v) is 8.87. The van der Waals surface area contributed by atoms with Crippen molar-refractivity contribution in [2.45, 2.75) is 32.1 Å². The molecule has 0 aromatic heterocycles. The normalized spacial score (nSPS) is 26.5. The molecule has 0 aliphatic heterocycles. The molecule has 5 nitrogen and oxygen atoms in total. The molecule has 2 aliphatic carbocycles. The van der Waals surface area contributed by atoms with Gasteiger partial charge < -0.3 is 10.1 Å². The first-order valence-electron chi connectivity index (χ1n) is 8.87. The Morgan fingerprint density at radius 3 is 2.62 bits per heavy atom. The van der Waals surface area contributed by atoms with E-state index in [1.54, 1.807) is 0 Å². The quantitative estimate of drug-likeness (QED) is 0.833. The average molecular weight is 344 g/mol. The zero-order valence-corrected chi connectivity index (χ0v) is 14.7. The molecule has 0 radical (unpaired) electrons. The second-order valence-electron chi connectivity index (χ2n) is 6.70. The molecule has 0 unspecified atom stereocenters. The Bertz CT molecular complexity index is 866. The molecule has 1 aromatic carbocycles. The lowest BCUT2D eigenvalue weighted by Crippen LogP contribution is -2.48. The van der Waals surface area contributed by atoms with Gasteiger partial charge in [-0.2, -0.15) is 15.8 Å². The molecule has 26 heavy (non-hydrogen) atoms. The third-order valence-corrected chi connectivity index (χ3v) is 5.48. The molecule has 3 atom stereocenters. The summed E-state index contributed by atoms with van der Waals surface area (Å²) in [7, 11) is 0. The summed E-state index contributed by atoms with van der Waals surface area (Å²) >= 11 is 0. The predicted molar refractivity (Wildman–Crippen MR) is 96.3 cm³/mol. The van der Waals surface area contributed by atoms with Gasteiger partial charge in [0.05, 0.1) is 30.5 Å².